The van der Waals surface area contributed by atoms with Gasteiger partial charge in [0.15, 0.2) is 17.2 Å². The second-order valence-corrected chi connectivity index (χ2v) is 10.2. The van der Waals surface area contributed by atoms with E-state index in [1.807, 2.05) is 27.7 Å². The molecule has 0 radical (unpaired) electrons. The van der Waals surface area contributed by atoms with Gasteiger partial charge in [0, 0.05) is 25.9 Å². The van der Waals surface area contributed by atoms with Gasteiger partial charge >= 0.3 is 14.8 Å². The molecular weight excluding hydrogens is 440 g/mol. The zero-order valence-corrected chi connectivity index (χ0v) is 21.9. The Morgan fingerprint density at radius 3 is 2.09 bits per heavy atom. The third kappa shape index (κ3) is 10.3. The molecule has 1 aromatic carbocycles. The van der Waals surface area contributed by atoms with Gasteiger partial charge in [0.1, 0.15) is 0 Å². The van der Waals surface area contributed by atoms with Crippen LogP contribution in [0.2, 0.25) is 0 Å². The van der Waals surface area contributed by atoms with Gasteiger partial charge in [0.2, 0.25) is 0 Å². The van der Waals surface area contributed by atoms with Crippen molar-refractivity contribution in [2.24, 2.45) is 0 Å². The fraction of sp³-hybridized carbons (Fsp3) is 0.640. The standard InChI is InChI=1S/C25H42O7Si/c1-6-11-12-13-14-15-25(33(29-8-3,30-9-4)31-10-5)32-23-20-21(17-19-24(26)27)16-18-22(23)28-7-2/h16-20,25H,6-15H2,1-5H3,(H,26,27)/b19-17+. The molecule has 1 unspecified atom stereocenters. The molecule has 0 aliphatic rings. The summed E-state index contributed by atoms with van der Waals surface area (Å²) in [4.78, 5) is 11.0. The lowest BCUT2D eigenvalue weighted by Gasteiger charge is -2.35. The van der Waals surface area contributed by atoms with Crippen LogP contribution in [0.15, 0.2) is 24.3 Å². The van der Waals surface area contributed by atoms with E-state index in [1.165, 1.54) is 25.3 Å². The summed E-state index contributed by atoms with van der Waals surface area (Å²) in [6.45, 7) is 11.8. The average molecular weight is 483 g/mol. The van der Waals surface area contributed by atoms with E-state index in [9.17, 15) is 4.79 Å². The molecule has 1 N–H and O–H groups in total. The van der Waals surface area contributed by atoms with E-state index < -0.39 is 20.5 Å². The Balaban J connectivity index is 3.32. The molecule has 1 rings (SSSR count). The Kier molecular flexibility index (Phi) is 14.8. The van der Waals surface area contributed by atoms with Gasteiger partial charge in [0.25, 0.3) is 0 Å². The van der Waals surface area contributed by atoms with Crippen LogP contribution >= 0.6 is 0 Å². The molecule has 0 aliphatic heterocycles. The third-order valence-electron chi connectivity index (χ3n) is 4.96. The van der Waals surface area contributed by atoms with Crippen molar-refractivity contribution in [3.05, 3.63) is 29.8 Å². The predicted octanol–water partition coefficient (Wildman–Crippen LogP) is 5.88. The molecule has 7 nitrogen and oxygen atoms in total. The van der Waals surface area contributed by atoms with E-state index >= 15 is 0 Å². The van der Waals surface area contributed by atoms with Gasteiger partial charge in [-0.1, -0.05) is 38.7 Å². The highest BCUT2D eigenvalue weighted by Crippen LogP contribution is 2.33. The van der Waals surface area contributed by atoms with Crippen molar-refractivity contribution in [2.45, 2.75) is 78.9 Å². The molecule has 0 saturated carbocycles. The summed E-state index contributed by atoms with van der Waals surface area (Å²) in [6.07, 6.45) is 9.00. The second kappa shape index (κ2) is 16.7. The van der Waals surface area contributed by atoms with Gasteiger partial charge in [0.05, 0.1) is 6.61 Å². The molecule has 0 aromatic heterocycles. The summed E-state index contributed by atoms with van der Waals surface area (Å²) >= 11 is 0. The first-order valence-corrected chi connectivity index (χ1v) is 14.0. The fourth-order valence-electron chi connectivity index (χ4n) is 3.56. The van der Waals surface area contributed by atoms with E-state index in [2.05, 4.69) is 6.92 Å². The predicted molar refractivity (Wildman–Crippen MR) is 133 cm³/mol. The maximum absolute atomic E-state index is 11.0. The van der Waals surface area contributed by atoms with Gasteiger partial charge in [-0.3, -0.25) is 0 Å². The fourth-order valence-corrected chi connectivity index (χ4v) is 6.41. The minimum Gasteiger partial charge on any atom is -0.490 e. The average Bonchev–Trinajstić information content (AvgIpc) is 2.78. The highest BCUT2D eigenvalue weighted by atomic mass is 28.4. The number of rotatable bonds is 19. The molecule has 0 heterocycles. The van der Waals surface area contributed by atoms with Crippen LogP contribution in [-0.2, 0) is 18.1 Å². The van der Waals surface area contributed by atoms with Crippen LogP contribution < -0.4 is 9.47 Å². The highest BCUT2D eigenvalue weighted by molar-refractivity contribution is 6.62. The zero-order valence-electron chi connectivity index (χ0n) is 20.9. The summed E-state index contributed by atoms with van der Waals surface area (Å²) in [6, 6.07) is 5.39. The lowest BCUT2D eigenvalue weighted by atomic mass is 10.1. The second-order valence-electron chi connectivity index (χ2n) is 7.52. The van der Waals surface area contributed by atoms with Gasteiger partial charge in [-0.05, 0) is 64.3 Å². The number of carboxylic acids is 1. The van der Waals surface area contributed by atoms with Crippen LogP contribution in [0.4, 0.5) is 0 Å². The topological polar surface area (TPSA) is 83.5 Å². The van der Waals surface area contributed by atoms with Crippen LogP contribution in [0, 0.1) is 0 Å². The van der Waals surface area contributed by atoms with Crippen molar-refractivity contribution < 1.29 is 32.7 Å². The van der Waals surface area contributed by atoms with Crippen molar-refractivity contribution >= 4 is 20.8 Å². The van der Waals surface area contributed by atoms with E-state index in [-0.39, 0.29) is 0 Å². The highest BCUT2D eigenvalue weighted by Gasteiger charge is 2.51. The van der Waals surface area contributed by atoms with Crippen LogP contribution in [0.5, 0.6) is 11.5 Å². The lowest BCUT2D eigenvalue weighted by molar-refractivity contribution is -0.131. The molecule has 8 heteroatoms. The maximum atomic E-state index is 11.0. The van der Waals surface area contributed by atoms with Crippen molar-refractivity contribution in [3.63, 3.8) is 0 Å². The molecule has 0 bridgehead atoms. The number of carboxylic acid groups (broad SMARTS) is 1. The van der Waals surface area contributed by atoms with Gasteiger partial charge in [-0.15, -0.1) is 0 Å². The van der Waals surface area contributed by atoms with Crippen LogP contribution in [0.1, 0.15) is 78.7 Å². The number of unbranched alkanes of at least 4 members (excludes halogenated alkanes) is 4. The molecule has 0 fully saturated rings. The van der Waals surface area contributed by atoms with E-state index in [0.717, 1.165) is 25.3 Å². The van der Waals surface area contributed by atoms with Gasteiger partial charge < -0.3 is 27.9 Å². The van der Waals surface area contributed by atoms with Gasteiger partial charge in [-0.2, -0.15) is 0 Å². The summed E-state index contributed by atoms with van der Waals surface area (Å²) < 4.78 is 30.9. The summed E-state index contributed by atoms with van der Waals surface area (Å²) in [7, 11) is -3.17. The smallest absolute Gasteiger partial charge is 0.490 e. The Bertz CT molecular complexity index is 691. The first kappa shape index (κ1) is 29.2. The minimum atomic E-state index is -3.17. The molecule has 0 amide bonds. The molecule has 0 aliphatic carbocycles. The SMILES string of the molecule is CCCCCCCC(Oc1cc(/C=C/C(=O)O)ccc1OCC)[Si](OCC)(OCC)OCC. The first-order valence-electron chi connectivity index (χ1n) is 12.2. The number of aliphatic carboxylic acids is 1. The molecule has 1 aromatic rings. The van der Waals surface area contributed by atoms with Crippen LogP contribution in [0.3, 0.4) is 0 Å². The molecule has 1 atom stereocenters. The Hall–Kier alpha value is -1.87. The number of carbonyl (C=O) groups is 1. The monoisotopic (exact) mass is 482 g/mol. The van der Waals surface area contributed by atoms with Crippen molar-refractivity contribution in [3.8, 4) is 11.5 Å². The molecular formula is C25H42O7Si. The van der Waals surface area contributed by atoms with E-state index in [4.69, 9.17) is 27.9 Å². The van der Waals surface area contributed by atoms with Gasteiger partial charge in [-0.25, -0.2) is 4.79 Å². The minimum absolute atomic E-state index is 0.406. The largest absolute Gasteiger partial charge is 0.543 e. The molecule has 0 saturated heterocycles. The molecule has 0 spiro atoms. The van der Waals surface area contributed by atoms with E-state index in [1.54, 1.807) is 18.2 Å². The van der Waals surface area contributed by atoms with Crippen molar-refractivity contribution in [1.29, 1.82) is 0 Å². The first-order chi connectivity index (χ1) is 16.0. The summed E-state index contributed by atoms with van der Waals surface area (Å²) in [5, 5.41) is 8.98. The lowest BCUT2D eigenvalue weighted by Crippen LogP contribution is -2.59. The number of ether oxygens (including phenoxy) is 2. The number of hydrogen-bond acceptors (Lipinski definition) is 6. The van der Waals surface area contributed by atoms with Crippen LogP contribution in [-0.4, -0.2) is 52.0 Å². The number of hydrogen-bond donors (Lipinski definition) is 1. The molecule has 33 heavy (non-hydrogen) atoms. The Labute approximate surface area is 200 Å². The summed E-state index contributed by atoms with van der Waals surface area (Å²) in [5.41, 5.74) is 0.297. The zero-order chi connectivity index (χ0) is 24.5. The van der Waals surface area contributed by atoms with Crippen LogP contribution in [0.25, 0.3) is 6.08 Å². The third-order valence-corrected chi connectivity index (χ3v) is 8.22. The molecule has 188 valence electrons. The van der Waals surface area contributed by atoms with E-state index in [0.29, 0.717) is 43.5 Å². The Morgan fingerprint density at radius 1 is 0.909 bits per heavy atom. The Morgan fingerprint density at radius 2 is 1.55 bits per heavy atom. The quantitative estimate of drug-likeness (QED) is 0.150. The summed E-state index contributed by atoms with van der Waals surface area (Å²) in [5.74, 6) is 0.110. The normalized spacial score (nSPS) is 12.8. The van der Waals surface area contributed by atoms with Crippen molar-refractivity contribution in [2.75, 3.05) is 26.4 Å². The maximum Gasteiger partial charge on any atom is 0.543 e. The number of benzene rings is 1. The van der Waals surface area contributed by atoms with Crippen molar-refractivity contribution in [1.82, 2.24) is 0 Å².